The lowest BCUT2D eigenvalue weighted by molar-refractivity contribution is 0.425. The lowest BCUT2D eigenvalue weighted by Crippen LogP contribution is -2.34. The molecule has 0 unspecified atom stereocenters. The second-order valence-corrected chi connectivity index (χ2v) is 10.6. The molecule has 0 aliphatic carbocycles. The largest absolute Gasteiger partial charge is 0.488 e. The van der Waals surface area contributed by atoms with E-state index in [2.05, 4.69) is 31.1 Å². The molecular weight excluding hydrogens is 253 g/mol. The summed E-state index contributed by atoms with van der Waals surface area (Å²) < 4.78 is 0. The van der Waals surface area contributed by atoms with Gasteiger partial charge in [0, 0.05) is 12.1 Å². The van der Waals surface area contributed by atoms with E-state index in [-0.39, 0.29) is 0 Å². The topological polar surface area (TPSA) is 66.5 Å². The Morgan fingerprint density at radius 3 is 2.21 bits per heavy atom. The van der Waals surface area contributed by atoms with E-state index in [1.165, 1.54) is 0 Å². The minimum atomic E-state index is -1.49. The molecule has 1 aromatic rings. The fraction of sp³-hybridized carbons (Fsp3) is 0.429. The third-order valence-corrected chi connectivity index (χ3v) is 3.93. The molecule has 0 spiro atoms. The van der Waals surface area contributed by atoms with Gasteiger partial charge in [0.2, 0.25) is 0 Å². The van der Waals surface area contributed by atoms with Gasteiger partial charge in [-0.1, -0.05) is 31.6 Å². The minimum absolute atomic E-state index is 0.369. The number of nitrogens with two attached hydrogens (primary N) is 1. The van der Waals surface area contributed by atoms with Crippen molar-refractivity contribution in [3.63, 3.8) is 0 Å². The van der Waals surface area contributed by atoms with Crippen molar-refractivity contribution in [3.05, 3.63) is 28.3 Å². The fourth-order valence-electron chi connectivity index (χ4n) is 1.91. The lowest BCUT2D eigenvalue weighted by atomic mass is 9.74. The van der Waals surface area contributed by atoms with Crippen LogP contribution in [0.15, 0.2) is 6.07 Å². The van der Waals surface area contributed by atoms with Crippen molar-refractivity contribution in [2.45, 2.75) is 40.0 Å². The van der Waals surface area contributed by atoms with Gasteiger partial charge in [0.1, 0.15) is 8.07 Å². The van der Waals surface area contributed by atoms with Gasteiger partial charge < -0.3 is 15.8 Å². The molecule has 0 saturated heterocycles. The van der Waals surface area contributed by atoms with Crippen molar-refractivity contribution in [3.8, 4) is 11.5 Å². The third kappa shape index (κ3) is 3.95. The Bertz CT molecular complexity index is 539. The first-order chi connectivity index (χ1) is 8.67. The van der Waals surface area contributed by atoms with Crippen LogP contribution in [0.25, 0.3) is 0 Å². The highest BCUT2D eigenvalue weighted by Gasteiger charge is 2.19. The Morgan fingerprint density at radius 2 is 1.79 bits per heavy atom. The number of hydrogen-bond acceptors (Lipinski definition) is 3. The summed E-state index contributed by atoms with van der Waals surface area (Å²) in [7, 11) is -2.96. The first kappa shape index (κ1) is 16.0. The maximum absolute atomic E-state index is 9.44. The molecule has 0 saturated carbocycles. The lowest BCUT2D eigenvalue weighted by Gasteiger charge is -2.15. The third-order valence-electron chi connectivity index (χ3n) is 3.06. The van der Waals surface area contributed by atoms with Gasteiger partial charge >= 0.3 is 7.12 Å². The van der Waals surface area contributed by atoms with E-state index in [0.29, 0.717) is 12.0 Å². The first-order valence-electron chi connectivity index (χ1n) is 6.39. The zero-order valence-electron chi connectivity index (χ0n) is 12.3. The molecule has 19 heavy (non-hydrogen) atoms. The second-order valence-electron chi connectivity index (χ2n) is 5.83. The summed E-state index contributed by atoms with van der Waals surface area (Å²) in [5.41, 5.74) is 13.2. The molecule has 3 nitrogen and oxygen atoms in total. The normalized spacial score (nSPS) is 10.9. The van der Waals surface area contributed by atoms with Crippen LogP contribution >= 0.6 is 0 Å². The maximum atomic E-state index is 9.44. The molecule has 0 amide bonds. The zero-order valence-corrected chi connectivity index (χ0v) is 13.3. The van der Waals surface area contributed by atoms with Gasteiger partial charge in [-0.25, -0.2) is 0 Å². The summed E-state index contributed by atoms with van der Waals surface area (Å²) in [6.07, 6.45) is 0. The van der Waals surface area contributed by atoms with Crippen LogP contribution in [0.4, 0.5) is 0 Å². The molecule has 5 heteroatoms. The second kappa shape index (κ2) is 5.93. The number of hydrogen-bond donors (Lipinski definition) is 3. The van der Waals surface area contributed by atoms with E-state index in [4.69, 9.17) is 5.73 Å². The molecule has 1 rings (SSSR count). The summed E-state index contributed by atoms with van der Waals surface area (Å²) in [5.74, 6) is 3.23. The van der Waals surface area contributed by atoms with E-state index >= 15 is 0 Å². The molecule has 0 atom stereocenters. The Hall–Kier alpha value is -1.06. The molecule has 0 radical (unpaired) electrons. The highest BCUT2D eigenvalue weighted by atomic mass is 28.3. The minimum Gasteiger partial charge on any atom is -0.423 e. The van der Waals surface area contributed by atoms with Gasteiger partial charge in [-0.3, -0.25) is 0 Å². The standard InChI is InChI=1S/C14H22BNO2Si/c1-10-12(9-16)8-14(15(17)18)11(2)13(10)6-7-19(3,4)5/h8,17-18H,9,16H2,1-5H3. The molecule has 0 fully saturated rings. The van der Waals surface area contributed by atoms with E-state index in [1.54, 1.807) is 6.07 Å². The summed E-state index contributed by atoms with van der Waals surface area (Å²) >= 11 is 0. The molecule has 0 bridgehead atoms. The van der Waals surface area contributed by atoms with Crippen LogP contribution in [0.2, 0.25) is 19.6 Å². The monoisotopic (exact) mass is 275 g/mol. The summed E-state index contributed by atoms with van der Waals surface area (Å²) in [4.78, 5) is 0. The van der Waals surface area contributed by atoms with Crippen molar-refractivity contribution >= 4 is 20.7 Å². The van der Waals surface area contributed by atoms with Crippen molar-refractivity contribution < 1.29 is 10.0 Å². The Kier molecular flexibility index (Phi) is 4.99. The first-order valence-corrected chi connectivity index (χ1v) is 9.89. The van der Waals surface area contributed by atoms with Crippen molar-refractivity contribution in [2.75, 3.05) is 0 Å². The van der Waals surface area contributed by atoms with Gasteiger partial charge in [0.15, 0.2) is 0 Å². The van der Waals surface area contributed by atoms with E-state index < -0.39 is 15.2 Å². The SMILES string of the molecule is Cc1c(CN)cc(B(O)O)c(C)c1C#C[Si](C)(C)C. The van der Waals surface area contributed by atoms with Crippen molar-refractivity contribution in [1.29, 1.82) is 0 Å². The average molecular weight is 275 g/mol. The van der Waals surface area contributed by atoms with Gasteiger partial charge in [0.25, 0.3) is 0 Å². The highest BCUT2D eigenvalue weighted by molar-refractivity contribution is 6.83. The summed E-state index contributed by atoms with van der Waals surface area (Å²) in [5, 5.41) is 18.9. The van der Waals surface area contributed by atoms with Crippen LogP contribution in [-0.4, -0.2) is 25.2 Å². The predicted octanol–water partition coefficient (Wildman–Crippen LogP) is 0.671. The quantitative estimate of drug-likeness (QED) is 0.549. The molecular formula is C14H22BNO2Si. The van der Waals surface area contributed by atoms with Crippen molar-refractivity contribution in [1.82, 2.24) is 0 Å². The van der Waals surface area contributed by atoms with Crippen LogP contribution in [0, 0.1) is 25.3 Å². The van der Waals surface area contributed by atoms with Crippen LogP contribution in [0.1, 0.15) is 22.3 Å². The van der Waals surface area contributed by atoms with Gasteiger partial charge in [-0.15, -0.1) is 5.54 Å². The van der Waals surface area contributed by atoms with E-state index in [9.17, 15) is 10.0 Å². The summed E-state index contributed by atoms with van der Waals surface area (Å²) in [6, 6.07) is 1.76. The summed E-state index contributed by atoms with van der Waals surface area (Å²) in [6.45, 7) is 10.8. The smallest absolute Gasteiger partial charge is 0.423 e. The fourth-order valence-corrected chi connectivity index (χ4v) is 2.41. The van der Waals surface area contributed by atoms with Crippen molar-refractivity contribution in [2.24, 2.45) is 5.73 Å². The Morgan fingerprint density at radius 1 is 1.21 bits per heavy atom. The molecule has 1 aromatic carbocycles. The average Bonchev–Trinajstić information content (AvgIpc) is 2.27. The highest BCUT2D eigenvalue weighted by Crippen LogP contribution is 2.16. The van der Waals surface area contributed by atoms with Crippen LogP contribution in [0.5, 0.6) is 0 Å². The molecule has 0 heterocycles. The van der Waals surface area contributed by atoms with Crippen LogP contribution in [0.3, 0.4) is 0 Å². The van der Waals surface area contributed by atoms with Crippen LogP contribution in [-0.2, 0) is 6.54 Å². The molecule has 0 aromatic heterocycles. The molecule has 4 N–H and O–H groups in total. The van der Waals surface area contributed by atoms with Crippen LogP contribution < -0.4 is 11.2 Å². The number of benzene rings is 1. The maximum Gasteiger partial charge on any atom is 0.488 e. The Labute approximate surface area is 117 Å². The van der Waals surface area contributed by atoms with Gasteiger partial charge in [-0.2, -0.15) is 0 Å². The predicted molar refractivity (Wildman–Crippen MR) is 83.9 cm³/mol. The molecule has 0 aliphatic heterocycles. The zero-order chi connectivity index (χ0) is 14.8. The molecule has 102 valence electrons. The van der Waals surface area contributed by atoms with E-state index in [1.807, 2.05) is 13.8 Å². The molecule has 0 aliphatic rings. The Balaban J connectivity index is 3.52. The number of rotatable bonds is 2. The van der Waals surface area contributed by atoms with E-state index in [0.717, 1.165) is 22.3 Å². The van der Waals surface area contributed by atoms with Gasteiger partial charge in [-0.05, 0) is 36.0 Å². The van der Waals surface area contributed by atoms with Gasteiger partial charge in [0.05, 0.1) is 0 Å².